The smallest absolute Gasteiger partial charge is 0.337 e. The van der Waals surface area contributed by atoms with Gasteiger partial charge in [-0.25, -0.2) is 9.18 Å². The van der Waals surface area contributed by atoms with E-state index in [1.165, 1.54) is 30.3 Å². The average Bonchev–Trinajstić information content (AvgIpc) is 2.41. The first kappa shape index (κ1) is 14.6. The third-order valence-corrected chi connectivity index (χ3v) is 3.18. The minimum atomic E-state index is -1.13. The van der Waals surface area contributed by atoms with Crippen LogP contribution in [0.25, 0.3) is 0 Å². The lowest BCUT2D eigenvalue weighted by atomic mass is 10.2. The summed E-state index contributed by atoms with van der Waals surface area (Å²) in [7, 11) is 0. The Balaban J connectivity index is 2.12. The van der Waals surface area contributed by atoms with Gasteiger partial charge in [0.2, 0.25) is 0 Å². The molecular formula is C14H9Cl2FO3. The van der Waals surface area contributed by atoms with Crippen LogP contribution in [0, 0.1) is 5.82 Å². The van der Waals surface area contributed by atoms with Gasteiger partial charge in [0.1, 0.15) is 18.2 Å². The Bertz CT molecular complexity index is 659. The molecule has 0 atom stereocenters. The van der Waals surface area contributed by atoms with E-state index in [9.17, 15) is 9.18 Å². The molecule has 104 valence electrons. The van der Waals surface area contributed by atoms with Crippen molar-refractivity contribution < 1.29 is 19.0 Å². The Morgan fingerprint density at radius 2 is 1.90 bits per heavy atom. The quantitative estimate of drug-likeness (QED) is 0.909. The Morgan fingerprint density at radius 3 is 2.55 bits per heavy atom. The highest BCUT2D eigenvalue weighted by Gasteiger charge is 2.10. The first-order valence-corrected chi connectivity index (χ1v) is 6.32. The second-order valence-electron chi connectivity index (χ2n) is 3.98. The number of hydrogen-bond donors (Lipinski definition) is 1. The van der Waals surface area contributed by atoms with E-state index in [0.717, 1.165) is 0 Å². The van der Waals surface area contributed by atoms with Crippen molar-refractivity contribution in [2.75, 3.05) is 0 Å². The molecule has 0 aliphatic carbocycles. The lowest BCUT2D eigenvalue weighted by molar-refractivity contribution is 0.0696. The molecule has 0 unspecified atom stereocenters. The molecule has 0 aliphatic rings. The van der Waals surface area contributed by atoms with E-state index in [1.807, 2.05) is 0 Å². The number of rotatable bonds is 4. The van der Waals surface area contributed by atoms with Gasteiger partial charge in [-0.3, -0.25) is 0 Å². The van der Waals surface area contributed by atoms with Crippen LogP contribution in [0.3, 0.4) is 0 Å². The number of hydrogen-bond acceptors (Lipinski definition) is 2. The highest BCUT2D eigenvalue weighted by Crippen LogP contribution is 2.23. The van der Waals surface area contributed by atoms with E-state index in [1.54, 1.807) is 6.07 Å². The van der Waals surface area contributed by atoms with Crippen LogP contribution in [-0.4, -0.2) is 11.1 Å². The molecule has 0 spiro atoms. The van der Waals surface area contributed by atoms with Crippen LogP contribution >= 0.6 is 23.2 Å². The molecule has 0 saturated carbocycles. The van der Waals surface area contributed by atoms with Crippen LogP contribution in [0.4, 0.5) is 4.39 Å². The molecule has 6 heteroatoms. The number of halogens is 3. The van der Waals surface area contributed by atoms with Crippen LogP contribution in [0.5, 0.6) is 5.75 Å². The number of carbonyl (C=O) groups is 1. The van der Waals surface area contributed by atoms with Crippen molar-refractivity contribution in [3.63, 3.8) is 0 Å². The number of ether oxygens (including phenoxy) is 1. The SMILES string of the molecule is O=C(O)c1cc(OCc2ccc(F)c(Cl)c2)ccc1Cl. The van der Waals surface area contributed by atoms with Gasteiger partial charge in [-0.15, -0.1) is 0 Å². The summed E-state index contributed by atoms with van der Waals surface area (Å²) >= 11 is 11.4. The number of benzene rings is 2. The second-order valence-corrected chi connectivity index (χ2v) is 4.80. The monoisotopic (exact) mass is 314 g/mol. The largest absolute Gasteiger partial charge is 0.489 e. The summed E-state index contributed by atoms with van der Waals surface area (Å²) in [5, 5.41) is 9.08. The molecule has 0 amide bonds. The standard InChI is InChI=1S/C14H9Cl2FO3/c15-11-3-2-9(6-10(11)14(18)19)20-7-8-1-4-13(17)12(16)5-8/h1-6H,7H2,(H,18,19). The van der Waals surface area contributed by atoms with Gasteiger partial charge < -0.3 is 9.84 Å². The summed E-state index contributed by atoms with van der Waals surface area (Å²) in [5.41, 5.74) is 0.629. The van der Waals surface area contributed by atoms with Crippen molar-refractivity contribution in [2.45, 2.75) is 6.61 Å². The second kappa shape index (κ2) is 6.11. The van der Waals surface area contributed by atoms with Crippen LogP contribution < -0.4 is 4.74 Å². The van der Waals surface area contributed by atoms with Crippen LogP contribution in [0.15, 0.2) is 36.4 Å². The summed E-state index contributed by atoms with van der Waals surface area (Å²) in [4.78, 5) is 10.9. The van der Waals surface area contributed by atoms with Crippen molar-refractivity contribution in [1.29, 1.82) is 0 Å². The van der Waals surface area contributed by atoms with E-state index in [-0.39, 0.29) is 22.2 Å². The number of aromatic carboxylic acids is 1. The van der Waals surface area contributed by atoms with E-state index < -0.39 is 11.8 Å². The van der Waals surface area contributed by atoms with Gasteiger partial charge in [-0.05, 0) is 35.9 Å². The van der Waals surface area contributed by atoms with Crippen LogP contribution in [0.1, 0.15) is 15.9 Å². The van der Waals surface area contributed by atoms with Crippen LogP contribution in [-0.2, 0) is 6.61 Å². The van der Waals surface area contributed by atoms with E-state index in [4.69, 9.17) is 33.0 Å². The first-order valence-electron chi connectivity index (χ1n) is 5.57. The van der Waals surface area contributed by atoms with Gasteiger partial charge in [0.25, 0.3) is 0 Å². The molecule has 0 heterocycles. The lowest BCUT2D eigenvalue weighted by Crippen LogP contribution is -2.00. The number of carboxylic acids is 1. The molecule has 0 aromatic heterocycles. The molecule has 2 aromatic carbocycles. The highest BCUT2D eigenvalue weighted by molar-refractivity contribution is 6.33. The molecular weight excluding hydrogens is 306 g/mol. The highest BCUT2D eigenvalue weighted by atomic mass is 35.5. The topological polar surface area (TPSA) is 46.5 Å². The zero-order chi connectivity index (χ0) is 14.7. The fourth-order valence-corrected chi connectivity index (χ4v) is 1.96. The third kappa shape index (κ3) is 3.40. The predicted molar refractivity (Wildman–Crippen MR) is 74.2 cm³/mol. The molecule has 3 nitrogen and oxygen atoms in total. The molecule has 2 aromatic rings. The summed E-state index contributed by atoms with van der Waals surface area (Å²) in [6, 6.07) is 8.55. The van der Waals surface area contributed by atoms with Gasteiger partial charge in [0.05, 0.1) is 15.6 Å². The minimum Gasteiger partial charge on any atom is -0.489 e. The van der Waals surface area contributed by atoms with Gasteiger partial charge in [0, 0.05) is 0 Å². The van der Waals surface area contributed by atoms with Gasteiger partial charge in [-0.1, -0.05) is 29.3 Å². The third-order valence-electron chi connectivity index (χ3n) is 2.56. The van der Waals surface area contributed by atoms with Crippen molar-refractivity contribution in [2.24, 2.45) is 0 Å². The van der Waals surface area contributed by atoms with Crippen molar-refractivity contribution in [3.05, 3.63) is 63.4 Å². The maximum absolute atomic E-state index is 13.0. The van der Waals surface area contributed by atoms with E-state index in [0.29, 0.717) is 11.3 Å². The maximum atomic E-state index is 13.0. The zero-order valence-corrected chi connectivity index (χ0v) is 11.6. The Morgan fingerprint density at radius 1 is 1.15 bits per heavy atom. The minimum absolute atomic E-state index is 0.00781. The first-order chi connectivity index (χ1) is 9.47. The number of carboxylic acid groups (broad SMARTS) is 1. The summed E-state index contributed by atoms with van der Waals surface area (Å²) < 4.78 is 18.4. The van der Waals surface area contributed by atoms with Gasteiger partial charge in [0.15, 0.2) is 0 Å². The molecule has 0 radical (unpaired) electrons. The Hall–Kier alpha value is -1.78. The van der Waals surface area contributed by atoms with Gasteiger partial charge in [-0.2, -0.15) is 0 Å². The van der Waals surface area contributed by atoms with Crippen molar-refractivity contribution in [1.82, 2.24) is 0 Å². The average molecular weight is 315 g/mol. The van der Waals surface area contributed by atoms with Gasteiger partial charge >= 0.3 is 5.97 Å². The molecule has 0 bridgehead atoms. The van der Waals surface area contributed by atoms with E-state index >= 15 is 0 Å². The molecule has 1 N–H and O–H groups in total. The Kier molecular flexibility index (Phi) is 4.47. The summed E-state index contributed by atoms with van der Waals surface area (Å²) in [5.74, 6) is -1.28. The molecule has 0 saturated heterocycles. The normalized spacial score (nSPS) is 10.3. The zero-order valence-electron chi connectivity index (χ0n) is 10.1. The summed E-state index contributed by atoms with van der Waals surface area (Å²) in [6.45, 7) is 0.140. The lowest BCUT2D eigenvalue weighted by Gasteiger charge is -2.08. The summed E-state index contributed by atoms with van der Waals surface area (Å²) in [6.07, 6.45) is 0. The van der Waals surface area contributed by atoms with Crippen molar-refractivity contribution in [3.8, 4) is 5.75 Å². The van der Waals surface area contributed by atoms with Crippen LogP contribution in [0.2, 0.25) is 10.0 Å². The van der Waals surface area contributed by atoms with E-state index in [2.05, 4.69) is 0 Å². The molecule has 0 aliphatic heterocycles. The Labute approximate surface area is 124 Å². The fraction of sp³-hybridized carbons (Fsp3) is 0.0714. The fourth-order valence-electron chi connectivity index (χ4n) is 1.55. The molecule has 2 rings (SSSR count). The predicted octanol–water partition coefficient (Wildman–Crippen LogP) is 4.41. The van der Waals surface area contributed by atoms with Crippen molar-refractivity contribution >= 4 is 29.2 Å². The maximum Gasteiger partial charge on any atom is 0.337 e. The molecule has 20 heavy (non-hydrogen) atoms. The molecule has 0 fully saturated rings.